The first-order chi connectivity index (χ1) is 14.2. The van der Waals surface area contributed by atoms with E-state index < -0.39 is 0 Å². The highest BCUT2D eigenvalue weighted by Gasteiger charge is 2.18. The summed E-state index contributed by atoms with van der Waals surface area (Å²) in [6.07, 6.45) is 1.92. The van der Waals surface area contributed by atoms with E-state index in [-0.39, 0.29) is 6.10 Å². The molecule has 1 unspecified atom stereocenters. The molecule has 3 rings (SSSR count). The van der Waals surface area contributed by atoms with Crippen LogP contribution in [0.15, 0.2) is 47.5 Å². The van der Waals surface area contributed by atoms with Gasteiger partial charge in [-0.2, -0.15) is 0 Å². The molecule has 0 aliphatic carbocycles. The molecule has 0 amide bonds. The molecule has 0 bridgehead atoms. The number of nitrogens with zero attached hydrogens (tertiary/aromatic N) is 1. The normalized spacial score (nSPS) is 16.5. The first-order valence-corrected chi connectivity index (χ1v) is 10.1. The van der Waals surface area contributed by atoms with Crippen molar-refractivity contribution < 1.29 is 14.2 Å². The number of hydrogen-bond acceptors (Lipinski definition) is 4. The molecule has 0 aromatic heterocycles. The number of benzene rings is 2. The molecule has 2 N–H and O–H groups in total. The van der Waals surface area contributed by atoms with Crippen LogP contribution >= 0.6 is 0 Å². The van der Waals surface area contributed by atoms with E-state index in [2.05, 4.69) is 46.8 Å². The van der Waals surface area contributed by atoms with E-state index in [0.717, 1.165) is 49.0 Å². The maximum Gasteiger partial charge on any atom is 0.191 e. The van der Waals surface area contributed by atoms with Gasteiger partial charge in [0.15, 0.2) is 5.96 Å². The first-order valence-electron chi connectivity index (χ1n) is 10.1. The van der Waals surface area contributed by atoms with Gasteiger partial charge >= 0.3 is 0 Å². The van der Waals surface area contributed by atoms with Crippen LogP contribution in [0.2, 0.25) is 0 Å². The number of aryl methyl sites for hydroxylation is 1. The predicted molar refractivity (Wildman–Crippen MR) is 116 cm³/mol. The van der Waals surface area contributed by atoms with Crippen LogP contribution in [0.25, 0.3) is 0 Å². The fourth-order valence-electron chi connectivity index (χ4n) is 3.33. The predicted octanol–water partition coefficient (Wildman–Crippen LogP) is 3.08. The first kappa shape index (κ1) is 21.0. The van der Waals surface area contributed by atoms with E-state index in [0.29, 0.717) is 13.2 Å². The molecule has 1 heterocycles. The number of aliphatic imine (C=N–C) groups is 1. The van der Waals surface area contributed by atoms with Gasteiger partial charge in [-0.3, -0.25) is 4.99 Å². The Labute approximate surface area is 173 Å². The van der Waals surface area contributed by atoms with Crippen molar-refractivity contribution in [2.45, 2.75) is 32.4 Å². The Morgan fingerprint density at radius 2 is 2.00 bits per heavy atom. The Balaban J connectivity index is 1.54. The van der Waals surface area contributed by atoms with E-state index in [1.54, 1.807) is 14.2 Å². The van der Waals surface area contributed by atoms with E-state index >= 15 is 0 Å². The molecule has 2 aromatic carbocycles. The van der Waals surface area contributed by atoms with Crippen LogP contribution in [0.1, 0.15) is 23.1 Å². The van der Waals surface area contributed by atoms with E-state index in [4.69, 9.17) is 14.2 Å². The van der Waals surface area contributed by atoms with Gasteiger partial charge in [-0.15, -0.1) is 0 Å². The van der Waals surface area contributed by atoms with Crippen molar-refractivity contribution in [2.24, 2.45) is 4.99 Å². The monoisotopic (exact) mass is 397 g/mol. The van der Waals surface area contributed by atoms with Gasteiger partial charge in [0.1, 0.15) is 17.6 Å². The van der Waals surface area contributed by atoms with Crippen LogP contribution in [0, 0.1) is 6.92 Å². The molecule has 1 fully saturated rings. The number of ether oxygens (including phenoxy) is 3. The summed E-state index contributed by atoms with van der Waals surface area (Å²) < 4.78 is 17.0. The van der Waals surface area contributed by atoms with Gasteiger partial charge in [0.2, 0.25) is 0 Å². The molecule has 1 atom stereocenters. The zero-order chi connectivity index (χ0) is 20.5. The lowest BCUT2D eigenvalue weighted by Gasteiger charge is -2.18. The molecule has 2 aromatic rings. The van der Waals surface area contributed by atoms with Crippen molar-refractivity contribution in [3.8, 4) is 11.5 Å². The van der Waals surface area contributed by atoms with E-state index in [1.807, 2.05) is 18.2 Å². The summed E-state index contributed by atoms with van der Waals surface area (Å²) in [4.78, 5) is 4.33. The maximum absolute atomic E-state index is 6.18. The Kier molecular flexibility index (Phi) is 7.76. The Morgan fingerprint density at radius 3 is 2.76 bits per heavy atom. The molecule has 1 aliphatic rings. The molecule has 0 saturated carbocycles. The zero-order valence-electron chi connectivity index (χ0n) is 17.5. The highest BCUT2D eigenvalue weighted by Crippen LogP contribution is 2.24. The lowest BCUT2D eigenvalue weighted by molar-refractivity contribution is 0.140. The van der Waals surface area contributed by atoms with Crippen molar-refractivity contribution in [1.82, 2.24) is 10.6 Å². The van der Waals surface area contributed by atoms with Crippen molar-refractivity contribution in [2.75, 3.05) is 33.9 Å². The maximum atomic E-state index is 6.18. The molecule has 156 valence electrons. The second kappa shape index (κ2) is 10.7. The summed E-state index contributed by atoms with van der Waals surface area (Å²) in [5.74, 6) is 2.59. The van der Waals surface area contributed by atoms with Gasteiger partial charge in [-0.25, -0.2) is 0 Å². The minimum atomic E-state index is 0.133. The molecular weight excluding hydrogens is 366 g/mol. The summed E-state index contributed by atoms with van der Waals surface area (Å²) in [7, 11) is 3.48. The highest BCUT2D eigenvalue weighted by atomic mass is 16.5. The standard InChI is InChI=1S/C23H31N3O3/c1-17-8-9-19(22(14-17)29-20-11-13-28-16-20)15-26-23(24-2)25-12-10-18-6-4-5-7-21(18)27-3/h4-9,14,20H,10-13,15-16H2,1-3H3,(H2,24,25,26). The van der Waals surface area contributed by atoms with Crippen molar-refractivity contribution in [3.05, 3.63) is 59.2 Å². The van der Waals surface area contributed by atoms with Gasteiger partial charge in [-0.05, 0) is 36.6 Å². The molecular formula is C23H31N3O3. The smallest absolute Gasteiger partial charge is 0.191 e. The summed E-state index contributed by atoms with van der Waals surface area (Å²) >= 11 is 0. The summed E-state index contributed by atoms with van der Waals surface area (Å²) in [6, 6.07) is 14.4. The minimum absolute atomic E-state index is 0.133. The lowest BCUT2D eigenvalue weighted by Crippen LogP contribution is -2.38. The van der Waals surface area contributed by atoms with Gasteiger partial charge in [0.05, 0.1) is 20.3 Å². The van der Waals surface area contributed by atoms with Crippen LogP contribution in [0.3, 0.4) is 0 Å². The summed E-state index contributed by atoms with van der Waals surface area (Å²) in [5, 5.41) is 6.75. The zero-order valence-corrected chi connectivity index (χ0v) is 17.5. The van der Waals surface area contributed by atoms with Crippen LogP contribution in [-0.4, -0.2) is 46.0 Å². The van der Waals surface area contributed by atoms with Crippen LogP contribution in [0.5, 0.6) is 11.5 Å². The number of nitrogens with one attached hydrogen (secondary N) is 2. The van der Waals surface area contributed by atoms with Crippen molar-refractivity contribution in [3.63, 3.8) is 0 Å². The largest absolute Gasteiger partial charge is 0.496 e. The quantitative estimate of drug-likeness (QED) is 0.529. The number of rotatable bonds is 8. The Bertz CT molecular complexity index is 817. The second-order valence-electron chi connectivity index (χ2n) is 7.13. The minimum Gasteiger partial charge on any atom is -0.496 e. The van der Waals surface area contributed by atoms with Crippen LogP contribution in [-0.2, 0) is 17.7 Å². The van der Waals surface area contributed by atoms with E-state index in [9.17, 15) is 0 Å². The van der Waals surface area contributed by atoms with Crippen LogP contribution in [0.4, 0.5) is 0 Å². The fourth-order valence-corrected chi connectivity index (χ4v) is 3.33. The van der Waals surface area contributed by atoms with E-state index in [1.165, 1.54) is 11.1 Å². The third-order valence-corrected chi connectivity index (χ3v) is 4.95. The molecule has 29 heavy (non-hydrogen) atoms. The number of para-hydroxylation sites is 1. The molecule has 6 heteroatoms. The topological polar surface area (TPSA) is 64.1 Å². The molecule has 0 spiro atoms. The average molecular weight is 398 g/mol. The van der Waals surface area contributed by atoms with Gasteiger partial charge < -0.3 is 24.8 Å². The molecule has 1 saturated heterocycles. The van der Waals surface area contributed by atoms with Gasteiger partial charge in [0.25, 0.3) is 0 Å². The molecule has 1 aliphatic heterocycles. The number of guanidine groups is 1. The summed E-state index contributed by atoms with van der Waals surface area (Å²) in [5.41, 5.74) is 3.46. The lowest BCUT2D eigenvalue weighted by atomic mass is 10.1. The molecule has 6 nitrogen and oxygen atoms in total. The average Bonchev–Trinajstić information content (AvgIpc) is 3.25. The molecule has 0 radical (unpaired) electrons. The number of methoxy groups -OCH3 is 1. The Morgan fingerprint density at radius 1 is 1.14 bits per heavy atom. The van der Waals surface area contributed by atoms with Gasteiger partial charge in [0, 0.05) is 32.1 Å². The third kappa shape index (κ3) is 6.12. The SMILES string of the molecule is CN=C(NCCc1ccccc1OC)NCc1ccc(C)cc1OC1CCOC1. The number of hydrogen-bond donors (Lipinski definition) is 2. The van der Waals surface area contributed by atoms with Crippen LogP contribution < -0.4 is 20.1 Å². The summed E-state index contributed by atoms with van der Waals surface area (Å²) in [6.45, 7) is 4.90. The fraction of sp³-hybridized carbons (Fsp3) is 0.435. The Hall–Kier alpha value is -2.73. The van der Waals surface area contributed by atoms with Gasteiger partial charge in [-0.1, -0.05) is 30.3 Å². The highest BCUT2D eigenvalue weighted by molar-refractivity contribution is 5.79. The second-order valence-corrected chi connectivity index (χ2v) is 7.13. The van der Waals surface area contributed by atoms with Crippen molar-refractivity contribution >= 4 is 5.96 Å². The third-order valence-electron chi connectivity index (χ3n) is 4.95. The van der Waals surface area contributed by atoms with Crippen molar-refractivity contribution in [1.29, 1.82) is 0 Å².